The monoisotopic (exact) mass is 430 g/mol. The summed E-state index contributed by atoms with van der Waals surface area (Å²) >= 11 is 0. The highest BCUT2D eigenvalue weighted by molar-refractivity contribution is 7.89. The molecule has 30 heavy (non-hydrogen) atoms. The van der Waals surface area contributed by atoms with Gasteiger partial charge in [-0.1, -0.05) is 5.16 Å². The number of benzene rings is 1. The van der Waals surface area contributed by atoms with Crippen molar-refractivity contribution in [1.82, 2.24) is 24.9 Å². The smallest absolute Gasteiger partial charge is 0.261 e. The summed E-state index contributed by atoms with van der Waals surface area (Å²) < 4.78 is 48.2. The molecule has 0 fully saturated rings. The van der Waals surface area contributed by atoms with Crippen LogP contribution in [0.2, 0.25) is 0 Å². The standard InChI is InChI=1S/C18H15FN6O4S/c1-25-15(10-28-16-7-4-12(19)8-21-16)14(9-22-25)18-23-17(24-29-18)11-2-5-13(6-3-11)30(20,26)27/h2-9H,10H2,1H3,(H2,20,26,27). The Kier molecular flexibility index (Phi) is 5.01. The fraction of sp³-hybridized carbons (Fsp3) is 0.111. The van der Waals surface area contributed by atoms with Gasteiger partial charge in [-0.05, 0) is 30.3 Å². The molecule has 2 N–H and O–H groups in total. The van der Waals surface area contributed by atoms with E-state index in [1.54, 1.807) is 17.9 Å². The lowest BCUT2D eigenvalue weighted by molar-refractivity contribution is 0.282. The van der Waals surface area contributed by atoms with Crippen molar-refractivity contribution in [2.45, 2.75) is 11.5 Å². The highest BCUT2D eigenvalue weighted by Crippen LogP contribution is 2.26. The normalized spacial score (nSPS) is 11.6. The van der Waals surface area contributed by atoms with Crippen LogP contribution in [0.1, 0.15) is 5.69 Å². The largest absolute Gasteiger partial charge is 0.471 e. The fourth-order valence-electron chi connectivity index (χ4n) is 2.65. The average molecular weight is 430 g/mol. The van der Waals surface area contributed by atoms with E-state index >= 15 is 0 Å². The van der Waals surface area contributed by atoms with E-state index in [1.807, 2.05) is 0 Å². The van der Waals surface area contributed by atoms with Crippen molar-refractivity contribution in [3.8, 4) is 28.7 Å². The summed E-state index contributed by atoms with van der Waals surface area (Å²) in [5.74, 6) is 0.268. The zero-order valence-electron chi connectivity index (χ0n) is 15.6. The van der Waals surface area contributed by atoms with Gasteiger partial charge in [-0.2, -0.15) is 10.1 Å². The topological polar surface area (TPSA) is 139 Å². The van der Waals surface area contributed by atoms with Gasteiger partial charge in [0.2, 0.25) is 21.7 Å². The predicted molar refractivity (Wildman–Crippen MR) is 102 cm³/mol. The van der Waals surface area contributed by atoms with Crippen molar-refractivity contribution in [2.24, 2.45) is 12.2 Å². The Morgan fingerprint density at radius 1 is 1.17 bits per heavy atom. The molecule has 3 heterocycles. The van der Waals surface area contributed by atoms with E-state index in [1.165, 1.54) is 36.4 Å². The first-order chi connectivity index (χ1) is 14.3. The number of primary sulfonamides is 1. The van der Waals surface area contributed by atoms with Gasteiger partial charge in [0.25, 0.3) is 5.89 Å². The minimum absolute atomic E-state index is 0.0175. The first-order valence-electron chi connectivity index (χ1n) is 8.54. The van der Waals surface area contributed by atoms with Crippen LogP contribution in [0.25, 0.3) is 22.8 Å². The van der Waals surface area contributed by atoms with Gasteiger partial charge in [0, 0.05) is 18.7 Å². The highest BCUT2D eigenvalue weighted by Gasteiger charge is 2.19. The Morgan fingerprint density at radius 2 is 1.93 bits per heavy atom. The molecule has 12 heteroatoms. The van der Waals surface area contributed by atoms with E-state index in [-0.39, 0.29) is 29.1 Å². The zero-order valence-corrected chi connectivity index (χ0v) is 16.4. The summed E-state index contributed by atoms with van der Waals surface area (Å²) in [6, 6.07) is 8.45. The number of rotatable bonds is 6. The van der Waals surface area contributed by atoms with E-state index in [0.717, 1.165) is 6.20 Å². The fourth-order valence-corrected chi connectivity index (χ4v) is 3.16. The quantitative estimate of drug-likeness (QED) is 0.489. The first-order valence-corrected chi connectivity index (χ1v) is 10.1. The molecule has 4 aromatic rings. The van der Waals surface area contributed by atoms with Crippen LogP contribution in [-0.4, -0.2) is 33.3 Å². The van der Waals surface area contributed by atoms with Crippen LogP contribution >= 0.6 is 0 Å². The summed E-state index contributed by atoms with van der Waals surface area (Å²) in [7, 11) is -2.06. The molecular weight excluding hydrogens is 415 g/mol. The molecular formula is C18H15FN6O4S. The number of hydrogen-bond acceptors (Lipinski definition) is 8. The van der Waals surface area contributed by atoms with Crippen molar-refractivity contribution in [1.29, 1.82) is 0 Å². The Morgan fingerprint density at radius 3 is 2.60 bits per heavy atom. The number of nitrogens with zero attached hydrogens (tertiary/aromatic N) is 5. The van der Waals surface area contributed by atoms with Gasteiger partial charge in [0.1, 0.15) is 12.4 Å². The predicted octanol–water partition coefficient (Wildman–Crippen LogP) is 1.90. The van der Waals surface area contributed by atoms with Crippen LogP contribution in [-0.2, 0) is 23.7 Å². The van der Waals surface area contributed by atoms with E-state index < -0.39 is 15.8 Å². The van der Waals surface area contributed by atoms with Gasteiger partial charge in [-0.15, -0.1) is 0 Å². The van der Waals surface area contributed by atoms with E-state index in [9.17, 15) is 12.8 Å². The Hall–Kier alpha value is -3.64. The molecule has 0 saturated carbocycles. The molecule has 0 radical (unpaired) electrons. The van der Waals surface area contributed by atoms with Crippen LogP contribution in [0.4, 0.5) is 4.39 Å². The van der Waals surface area contributed by atoms with Crippen LogP contribution in [0.3, 0.4) is 0 Å². The second-order valence-electron chi connectivity index (χ2n) is 6.22. The third kappa shape index (κ3) is 4.04. The maximum atomic E-state index is 13.0. The van der Waals surface area contributed by atoms with Crippen LogP contribution in [0, 0.1) is 5.82 Å². The molecule has 0 saturated heterocycles. The lowest BCUT2D eigenvalue weighted by Gasteiger charge is -2.06. The molecule has 10 nitrogen and oxygen atoms in total. The number of sulfonamides is 1. The summed E-state index contributed by atoms with van der Waals surface area (Å²) in [5, 5.41) is 13.2. The summed E-state index contributed by atoms with van der Waals surface area (Å²) in [6.45, 7) is 0.0885. The lowest BCUT2D eigenvalue weighted by atomic mass is 10.2. The summed E-state index contributed by atoms with van der Waals surface area (Å²) in [5.41, 5.74) is 1.75. The molecule has 0 aliphatic heterocycles. The average Bonchev–Trinajstić information content (AvgIpc) is 3.34. The molecule has 3 aromatic heterocycles. The molecule has 0 atom stereocenters. The number of ether oxygens (including phenoxy) is 1. The van der Waals surface area contributed by atoms with Crippen LogP contribution in [0.5, 0.6) is 5.88 Å². The van der Waals surface area contributed by atoms with Crippen molar-refractivity contribution >= 4 is 10.0 Å². The number of halogens is 1. The number of nitrogens with two attached hydrogens (primary N) is 1. The van der Waals surface area contributed by atoms with Crippen molar-refractivity contribution in [2.75, 3.05) is 0 Å². The number of aromatic nitrogens is 5. The Bertz CT molecular complexity index is 1280. The summed E-state index contributed by atoms with van der Waals surface area (Å²) in [6.07, 6.45) is 2.61. The van der Waals surface area contributed by atoms with E-state index in [0.29, 0.717) is 16.8 Å². The molecule has 0 aliphatic carbocycles. The summed E-state index contributed by atoms with van der Waals surface area (Å²) in [4.78, 5) is 8.18. The second kappa shape index (κ2) is 7.65. The molecule has 154 valence electrons. The maximum Gasteiger partial charge on any atom is 0.261 e. The van der Waals surface area contributed by atoms with Crippen molar-refractivity contribution < 1.29 is 22.1 Å². The molecule has 0 bridgehead atoms. The molecule has 0 aliphatic rings. The number of aryl methyl sites for hydroxylation is 1. The number of pyridine rings is 1. The molecule has 0 amide bonds. The molecule has 0 unspecified atom stereocenters. The van der Waals surface area contributed by atoms with Gasteiger partial charge in [-0.25, -0.2) is 22.9 Å². The van der Waals surface area contributed by atoms with E-state index in [2.05, 4.69) is 20.2 Å². The Balaban J connectivity index is 1.57. The van der Waals surface area contributed by atoms with Crippen molar-refractivity contribution in [3.63, 3.8) is 0 Å². The Labute approximate surface area is 170 Å². The second-order valence-corrected chi connectivity index (χ2v) is 7.79. The lowest BCUT2D eigenvalue weighted by Crippen LogP contribution is -2.11. The molecule has 0 spiro atoms. The first kappa shape index (κ1) is 19.7. The SMILES string of the molecule is Cn1ncc(-c2nc(-c3ccc(S(N)(=O)=O)cc3)no2)c1COc1ccc(F)cn1. The van der Waals surface area contributed by atoms with Gasteiger partial charge in [-0.3, -0.25) is 4.68 Å². The van der Waals surface area contributed by atoms with Crippen molar-refractivity contribution in [3.05, 3.63) is 60.3 Å². The van der Waals surface area contributed by atoms with E-state index in [4.69, 9.17) is 14.4 Å². The third-order valence-corrected chi connectivity index (χ3v) is 5.15. The minimum atomic E-state index is -3.79. The number of hydrogen-bond donors (Lipinski definition) is 1. The molecule has 4 rings (SSSR count). The van der Waals surface area contributed by atoms with Gasteiger partial charge in [0.05, 0.1) is 28.5 Å². The van der Waals surface area contributed by atoms with Crippen LogP contribution in [0.15, 0.2) is 58.2 Å². The van der Waals surface area contributed by atoms with Gasteiger partial charge in [0.15, 0.2) is 0 Å². The highest BCUT2D eigenvalue weighted by atomic mass is 32.2. The van der Waals surface area contributed by atoms with Crippen LogP contribution < -0.4 is 9.88 Å². The third-order valence-electron chi connectivity index (χ3n) is 4.22. The van der Waals surface area contributed by atoms with Gasteiger partial charge < -0.3 is 9.26 Å². The van der Waals surface area contributed by atoms with Gasteiger partial charge >= 0.3 is 0 Å². The minimum Gasteiger partial charge on any atom is -0.471 e. The molecule has 1 aromatic carbocycles. The maximum absolute atomic E-state index is 13.0. The zero-order chi connectivity index (χ0) is 21.3.